The van der Waals surface area contributed by atoms with Crippen molar-refractivity contribution in [2.75, 3.05) is 24.3 Å². The molecule has 7 heteroatoms. The number of pyridine rings is 2. The van der Waals surface area contributed by atoms with E-state index in [2.05, 4.69) is 20.4 Å². The highest BCUT2D eigenvalue weighted by molar-refractivity contribution is 6.06. The molecule has 1 N–H and O–H groups in total. The van der Waals surface area contributed by atoms with E-state index in [1.807, 2.05) is 61.5 Å². The van der Waals surface area contributed by atoms with Crippen molar-refractivity contribution in [3.63, 3.8) is 0 Å². The van der Waals surface area contributed by atoms with Gasteiger partial charge < -0.3 is 15.1 Å². The van der Waals surface area contributed by atoms with Gasteiger partial charge in [0.05, 0.1) is 11.2 Å². The minimum atomic E-state index is -0.641. The zero-order chi connectivity index (χ0) is 18.8. The summed E-state index contributed by atoms with van der Waals surface area (Å²) in [5.41, 5.74) is 3.23. The van der Waals surface area contributed by atoms with E-state index < -0.39 is 6.10 Å². The number of nitrogens with zero attached hydrogens (tertiary/aromatic N) is 4. The molecule has 1 aliphatic heterocycles. The maximum absolute atomic E-state index is 12.5. The molecule has 0 aliphatic carbocycles. The number of hydrogen-bond donors (Lipinski definition) is 1. The summed E-state index contributed by atoms with van der Waals surface area (Å²) in [5, 5.41) is 7.90. The smallest absolute Gasteiger partial charge is 0.268 e. The number of carbonyl (C=O) groups excluding carboxylic acids is 1. The predicted octanol–water partition coefficient (Wildman–Crippen LogP) is 2.83. The van der Waals surface area contributed by atoms with Crippen LogP contribution in [0.5, 0.6) is 0 Å². The predicted molar refractivity (Wildman–Crippen MR) is 105 cm³/mol. The molecule has 7 nitrogen and oxygen atoms in total. The van der Waals surface area contributed by atoms with Crippen molar-refractivity contribution in [2.45, 2.75) is 12.5 Å². The van der Waals surface area contributed by atoms with Crippen molar-refractivity contribution in [1.29, 1.82) is 0 Å². The number of carbonyl (C=O) groups is 1. The van der Waals surface area contributed by atoms with Gasteiger partial charge in [-0.15, -0.1) is 0 Å². The summed E-state index contributed by atoms with van der Waals surface area (Å²) in [6, 6.07) is 13.3. The zero-order valence-corrected chi connectivity index (χ0v) is 15.1. The van der Waals surface area contributed by atoms with Crippen molar-refractivity contribution in [2.24, 2.45) is 5.16 Å². The Kier molecular flexibility index (Phi) is 4.42. The lowest BCUT2D eigenvalue weighted by Gasteiger charge is -2.13. The Balaban J connectivity index is 1.45. The number of hydrogen-bond acceptors (Lipinski definition) is 6. The third kappa shape index (κ3) is 3.57. The maximum atomic E-state index is 12.5. The first-order chi connectivity index (χ1) is 13.1. The van der Waals surface area contributed by atoms with Gasteiger partial charge in [-0.05, 0) is 42.5 Å². The van der Waals surface area contributed by atoms with E-state index in [9.17, 15) is 4.79 Å². The van der Waals surface area contributed by atoms with Crippen LogP contribution in [-0.4, -0.2) is 41.8 Å². The van der Waals surface area contributed by atoms with Crippen LogP contribution >= 0.6 is 0 Å². The molecule has 1 aliphatic rings. The van der Waals surface area contributed by atoms with Crippen molar-refractivity contribution < 1.29 is 9.63 Å². The summed E-state index contributed by atoms with van der Waals surface area (Å²) in [4.78, 5) is 28.4. The number of fused-ring (bicyclic) bond motifs is 1. The van der Waals surface area contributed by atoms with Crippen molar-refractivity contribution in [3.05, 3.63) is 60.4 Å². The van der Waals surface area contributed by atoms with E-state index in [-0.39, 0.29) is 5.91 Å². The second-order valence-corrected chi connectivity index (χ2v) is 6.53. The third-order valence-electron chi connectivity index (χ3n) is 4.38. The molecule has 1 atom stereocenters. The molecule has 0 bridgehead atoms. The lowest BCUT2D eigenvalue weighted by molar-refractivity contribution is -0.125. The molecule has 3 aromatic rings. The molecule has 0 radical (unpaired) electrons. The first kappa shape index (κ1) is 17.0. The lowest BCUT2D eigenvalue weighted by Crippen LogP contribution is -2.28. The van der Waals surface area contributed by atoms with Gasteiger partial charge in [-0.1, -0.05) is 5.16 Å². The average Bonchev–Trinajstić information content (AvgIpc) is 3.18. The largest absolute Gasteiger partial charge is 0.382 e. The number of nitrogens with one attached hydrogen (secondary N) is 1. The van der Waals surface area contributed by atoms with Gasteiger partial charge in [0.15, 0.2) is 0 Å². The standard InChI is InChI=1S/C20H19N5O2/c1-25(2)19-6-3-14-11-15(4-5-16(14)23-19)22-20(26)18-12-17(24-27-18)13-7-9-21-10-8-13/h3-11,18H,12H2,1-2H3,(H,22,26). The minimum absolute atomic E-state index is 0.222. The number of benzene rings is 1. The van der Waals surface area contributed by atoms with Crippen LogP contribution < -0.4 is 10.2 Å². The summed E-state index contributed by atoms with van der Waals surface area (Å²) in [5.74, 6) is 0.666. The molecule has 136 valence electrons. The summed E-state index contributed by atoms with van der Waals surface area (Å²) in [6.45, 7) is 0. The van der Waals surface area contributed by atoms with Gasteiger partial charge in [-0.25, -0.2) is 4.98 Å². The van der Waals surface area contributed by atoms with E-state index in [1.165, 1.54) is 0 Å². The van der Waals surface area contributed by atoms with Gasteiger partial charge in [0.25, 0.3) is 5.91 Å². The molecule has 1 aromatic carbocycles. The fraction of sp³-hybridized carbons (Fsp3) is 0.200. The normalized spacial score (nSPS) is 15.9. The highest BCUT2D eigenvalue weighted by atomic mass is 16.6. The molecular formula is C20H19N5O2. The molecular weight excluding hydrogens is 342 g/mol. The zero-order valence-electron chi connectivity index (χ0n) is 15.1. The summed E-state index contributed by atoms with van der Waals surface area (Å²) in [7, 11) is 3.90. The van der Waals surface area contributed by atoms with Gasteiger partial charge in [0.1, 0.15) is 5.82 Å². The van der Waals surface area contributed by atoms with Crippen molar-refractivity contribution >= 4 is 34.0 Å². The molecule has 27 heavy (non-hydrogen) atoms. The number of amides is 1. The Morgan fingerprint density at radius 3 is 2.74 bits per heavy atom. The number of oxime groups is 1. The molecule has 2 aromatic heterocycles. The molecule has 4 rings (SSSR count). The fourth-order valence-corrected chi connectivity index (χ4v) is 2.90. The van der Waals surface area contributed by atoms with E-state index in [0.717, 1.165) is 28.0 Å². The summed E-state index contributed by atoms with van der Waals surface area (Å²) < 4.78 is 0. The Labute approximate surface area is 156 Å². The molecule has 0 spiro atoms. The molecule has 3 heterocycles. The summed E-state index contributed by atoms with van der Waals surface area (Å²) >= 11 is 0. The topological polar surface area (TPSA) is 79.7 Å². The lowest BCUT2D eigenvalue weighted by atomic mass is 10.1. The van der Waals surface area contributed by atoms with Crippen LogP contribution in [0.15, 0.2) is 60.0 Å². The highest BCUT2D eigenvalue weighted by Gasteiger charge is 2.29. The van der Waals surface area contributed by atoms with Crippen LogP contribution in [-0.2, 0) is 9.63 Å². The van der Waals surface area contributed by atoms with Gasteiger partial charge in [0, 0.05) is 49.5 Å². The van der Waals surface area contributed by atoms with Crippen LogP contribution in [0.1, 0.15) is 12.0 Å². The SMILES string of the molecule is CN(C)c1ccc2cc(NC(=O)C3CC(c4ccncc4)=NO3)ccc2n1. The minimum Gasteiger partial charge on any atom is -0.382 e. The number of aromatic nitrogens is 2. The van der Waals surface area contributed by atoms with Crippen LogP contribution in [0.25, 0.3) is 10.9 Å². The first-order valence-electron chi connectivity index (χ1n) is 8.62. The van der Waals surface area contributed by atoms with E-state index in [4.69, 9.17) is 4.84 Å². The second-order valence-electron chi connectivity index (χ2n) is 6.53. The Hall–Kier alpha value is -3.48. The van der Waals surface area contributed by atoms with Crippen LogP contribution in [0.4, 0.5) is 11.5 Å². The number of rotatable bonds is 4. The third-order valence-corrected chi connectivity index (χ3v) is 4.38. The highest BCUT2D eigenvalue weighted by Crippen LogP contribution is 2.22. The average molecular weight is 361 g/mol. The Morgan fingerprint density at radius 1 is 1.15 bits per heavy atom. The van der Waals surface area contributed by atoms with Gasteiger partial charge >= 0.3 is 0 Å². The summed E-state index contributed by atoms with van der Waals surface area (Å²) in [6.07, 6.45) is 3.17. The van der Waals surface area contributed by atoms with Crippen LogP contribution in [0.2, 0.25) is 0 Å². The maximum Gasteiger partial charge on any atom is 0.268 e. The van der Waals surface area contributed by atoms with Crippen molar-refractivity contribution in [1.82, 2.24) is 9.97 Å². The van der Waals surface area contributed by atoms with Crippen LogP contribution in [0.3, 0.4) is 0 Å². The van der Waals surface area contributed by atoms with E-state index in [0.29, 0.717) is 12.1 Å². The first-order valence-corrected chi connectivity index (χ1v) is 8.62. The molecule has 1 amide bonds. The molecule has 0 saturated carbocycles. The van der Waals surface area contributed by atoms with Gasteiger partial charge in [0.2, 0.25) is 6.10 Å². The number of anilines is 2. The van der Waals surface area contributed by atoms with Gasteiger partial charge in [-0.3, -0.25) is 9.78 Å². The molecule has 1 unspecified atom stereocenters. The van der Waals surface area contributed by atoms with E-state index >= 15 is 0 Å². The molecule has 0 fully saturated rings. The molecule has 0 saturated heterocycles. The van der Waals surface area contributed by atoms with Crippen molar-refractivity contribution in [3.8, 4) is 0 Å². The van der Waals surface area contributed by atoms with E-state index in [1.54, 1.807) is 12.4 Å². The van der Waals surface area contributed by atoms with Crippen LogP contribution in [0, 0.1) is 0 Å². The Morgan fingerprint density at radius 2 is 1.96 bits per heavy atom. The second kappa shape index (κ2) is 7.03. The Bertz CT molecular complexity index is 1020. The monoisotopic (exact) mass is 361 g/mol. The fourth-order valence-electron chi connectivity index (χ4n) is 2.90. The quantitative estimate of drug-likeness (QED) is 0.773. The van der Waals surface area contributed by atoms with Gasteiger partial charge in [-0.2, -0.15) is 0 Å².